The third-order valence-corrected chi connectivity index (χ3v) is 2.03. The molecule has 0 spiro atoms. The molecule has 0 aliphatic rings. The molecule has 2 amide bonds. The van der Waals surface area contributed by atoms with E-state index in [1.165, 1.54) is 19.0 Å². The number of hydrogen-bond donors (Lipinski definition) is 2. The van der Waals surface area contributed by atoms with Gasteiger partial charge in [0.15, 0.2) is 0 Å². The number of anilines is 1. The molecule has 6 heteroatoms. The molecule has 0 radical (unpaired) electrons. The molecule has 0 aromatic heterocycles. The summed E-state index contributed by atoms with van der Waals surface area (Å²) in [4.78, 5) is 23.8. The Hall–Kier alpha value is -1.69. The Morgan fingerprint density at radius 2 is 1.81 bits per heavy atom. The molecule has 0 saturated heterocycles. The van der Waals surface area contributed by atoms with Crippen LogP contribution in [0.5, 0.6) is 5.75 Å². The minimum Gasteiger partial charge on any atom is -0.429 e. The largest absolute Gasteiger partial charge is 0.429 e. The normalized spacial score (nSPS) is 9.44. The second-order valence-electron chi connectivity index (χ2n) is 3.27. The zero-order valence-electron chi connectivity index (χ0n) is 8.93. The maximum absolute atomic E-state index is 11.4. The van der Waals surface area contributed by atoms with Gasteiger partial charge >= 0.3 is 11.8 Å². The van der Waals surface area contributed by atoms with Crippen molar-refractivity contribution in [3.8, 4) is 5.75 Å². The Labute approximate surface area is 99.0 Å². The highest BCUT2D eigenvalue weighted by Crippen LogP contribution is 2.16. The van der Waals surface area contributed by atoms with E-state index in [1.807, 2.05) is 0 Å². The highest BCUT2D eigenvalue weighted by atomic mass is 32.1. The maximum atomic E-state index is 11.4. The number of amides is 2. The molecule has 0 unspecified atom stereocenters. The highest BCUT2D eigenvalue weighted by molar-refractivity contribution is 7.75. The minimum absolute atomic E-state index is 0.523. The first-order valence-corrected chi connectivity index (χ1v) is 4.85. The predicted molar refractivity (Wildman–Crippen MR) is 63.4 cm³/mol. The lowest BCUT2D eigenvalue weighted by molar-refractivity contribution is -0.141. The molecule has 86 valence electrons. The topological polar surface area (TPSA) is 58.6 Å². The number of hydrogen-bond acceptors (Lipinski definition) is 4. The SMILES string of the molecule is CN(C)C(=O)C(=O)Nc1ccc(OS)cc1. The van der Waals surface area contributed by atoms with E-state index in [0.29, 0.717) is 11.4 Å². The van der Waals surface area contributed by atoms with Gasteiger partial charge in [-0.15, -0.1) is 0 Å². The molecule has 0 aliphatic carbocycles. The van der Waals surface area contributed by atoms with E-state index in [4.69, 9.17) is 0 Å². The molecule has 0 bridgehead atoms. The van der Waals surface area contributed by atoms with Crippen molar-refractivity contribution in [1.29, 1.82) is 0 Å². The van der Waals surface area contributed by atoms with Gasteiger partial charge in [-0.2, -0.15) is 0 Å². The molecule has 0 heterocycles. The number of rotatable bonds is 2. The first-order chi connectivity index (χ1) is 7.54. The molecule has 1 aromatic rings. The lowest BCUT2D eigenvalue weighted by atomic mass is 10.3. The van der Waals surface area contributed by atoms with Crippen LogP contribution >= 0.6 is 12.9 Å². The smallest absolute Gasteiger partial charge is 0.313 e. The second kappa shape index (κ2) is 5.41. The fourth-order valence-electron chi connectivity index (χ4n) is 0.987. The van der Waals surface area contributed by atoms with E-state index in [0.717, 1.165) is 0 Å². The summed E-state index contributed by atoms with van der Waals surface area (Å²) >= 11 is 3.63. The molecular formula is C10H12N2O3S. The van der Waals surface area contributed by atoms with Crippen LogP contribution < -0.4 is 9.50 Å². The van der Waals surface area contributed by atoms with Crippen LogP contribution in [-0.4, -0.2) is 30.8 Å². The molecule has 5 nitrogen and oxygen atoms in total. The van der Waals surface area contributed by atoms with Crippen molar-refractivity contribution in [2.75, 3.05) is 19.4 Å². The lowest BCUT2D eigenvalue weighted by Gasteiger charge is -2.10. The molecule has 1 rings (SSSR count). The van der Waals surface area contributed by atoms with Gasteiger partial charge in [-0.05, 0) is 24.3 Å². The molecule has 0 saturated carbocycles. The quantitative estimate of drug-likeness (QED) is 0.459. The van der Waals surface area contributed by atoms with Crippen molar-refractivity contribution in [3.05, 3.63) is 24.3 Å². The third-order valence-electron chi connectivity index (χ3n) is 1.82. The summed E-state index contributed by atoms with van der Waals surface area (Å²) in [7, 11) is 3.03. The molecule has 0 fully saturated rings. The van der Waals surface area contributed by atoms with Crippen LogP contribution in [0.3, 0.4) is 0 Å². The fourth-order valence-corrected chi connectivity index (χ4v) is 1.11. The Kier molecular flexibility index (Phi) is 4.19. The summed E-state index contributed by atoms with van der Waals surface area (Å²) in [6.07, 6.45) is 0. The Bertz CT molecular complexity index is 390. The summed E-state index contributed by atoms with van der Waals surface area (Å²) in [5.74, 6) is -0.723. The standard InChI is InChI=1S/C10H12N2O3S/c1-12(2)10(14)9(13)11-7-3-5-8(15-16)6-4-7/h3-6,16H,1-2H3,(H,11,13). The van der Waals surface area contributed by atoms with Gasteiger partial charge in [0.1, 0.15) is 5.75 Å². The van der Waals surface area contributed by atoms with Gasteiger partial charge in [-0.25, -0.2) is 0 Å². The number of thiol groups is 1. The number of benzene rings is 1. The summed E-state index contributed by atoms with van der Waals surface area (Å²) in [6.45, 7) is 0. The number of carbonyl (C=O) groups is 2. The van der Waals surface area contributed by atoms with Crippen LogP contribution in [-0.2, 0) is 9.59 Å². The molecule has 16 heavy (non-hydrogen) atoms. The molecule has 0 aliphatic heterocycles. The van der Waals surface area contributed by atoms with Gasteiger partial charge < -0.3 is 14.4 Å². The van der Waals surface area contributed by atoms with Crippen LogP contribution in [0, 0.1) is 0 Å². The average molecular weight is 240 g/mol. The monoisotopic (exact) mass is 240 g/mol. The summed E-state index contributed by atoms with van der Waals surface area (Å²) in [5.41, 5.74) is 0.523. The van der Waals surface area contributed by atoms with Crippen molar-refractivity contribution in [3.63, 3.8) is 0 Å². The summed E-state index contributed by atoms with van der Waals surface area (Å²) < 4.78 is 4.67. The van der Waals surface area contributed by atoms with Crippen molar-refractivity contribution < 1.29 is 13.8 Å². The van der Waals surface area contributed by atoms with Crippen molar-refractivity contribution in [1.82, 2.24) is 4.90 Å². The Morgan fingerprint density at radius 3 is 2.25 bits per heavy atom. The van der Waals surface area contributed by atoms with Gasteiger partial charge in [0.25, 0.3) is 0 Å². The molecular weight excluding hydrogens is 228 g/mol. The average Bonchev–Trinajstić information content (AvgIpc) is 2.28. The van der Waals surface area contributed by atoms with Gasteiger partial charge in [0.2, 0.25) is 0 Å². The first kappa shape index (κ1) is 12.4. The first-order valence-electron chi connectivity index (χ1n) is 4.48. The third kappa shape index (κ3) is 3.16. The van der Waals surface area contributed by atoms with Crippen molar-refractivity contribution >= 4 is 30.4 Å². The predicted octanol–water partition coefficient (Wildman–Crippen LogP) is 0.937. The van der Waals surface area contributed by atoms with Crippen LogP contribution in [0.2, 0.25) is 0 Å². The number of nitrogens with one attached hydrogen (secondary N) is 1. The molecule has 1 N–H and O–H groups in total. The van der Waals surface area contributed by atoms with E-state index in [9.17, 15) is 9.59 Å². The van der Waals surface area contributed by atoms with Crippen LogP contribution in [0.25, 0.3) is 0 Å². The zero-order chi connectivity index (χ0) is 12.1. The van der Waals surface area contributed by atoms with Gasteiger partial charge in [-0.3, -0.25) is 9.59 Å². The van der Waals surface area contributed by atoms with E-state index in [-0.39, 0.29) is 0 Å². The van der Waals surface area contributed by atoms with Gasteiger partial charge in [0.05, 0.1) is 0 Å². The minimum atomic E-state index is -0.676. The van der Waals surface area contributed by atoms with Crippen molar-refractivity contribution in [2.24, 2.45) is 0 Å². The van der Waals surface area contributed by atoms with Crippen LogP contribution in [0.1, 0.15) is 0 Å². The number of nitrogens with zero attached hydrogens (tertiary/aromatic N) is 1. The number of likely N-dealkylation sites (N-methyl/N-ethyl adjacent to an activating group) is 1. The molecule has 1 aromatic carbocycles. The summed E-state index contributed by atoms with van der Waals surface area (Å²) in [5, 5.41) is 2.46. The highest BCUT2D eigenvalue weighted by Gasteiger charge is 2.15. The lowest BCUT2D eigenvalue weighted by Crippen LogP contribution is -2.34. The van der Waals surface area contributed by atoms with Gasteiger partial charge in [-0.1, -0.05) is 0 Å². The van der Waals surface area contributed by atoms with Crippen molar-refractivity contribution in [2.45, 2.75) is 0 Å². The summed E-state index contributed by atoms with van der Waals surface area (Å²) in [6, 6.07) is 6.49. The van der Waals surface area contributed by atoms with Crippen LogP contribution in [0.4, 0.5) is 5.69 Å². The molecule has 0 atom stereocenters. The van der Waals surface area contributed by atoms with E-state index < -0.39 is 11.8 Å². The second-order valence-corrected chi connectivity index (χ2v) is 3.45. The van der Waals surface area contributed by atoms with Crippen LogP contribution in [0.15, 0.2) is 24.3 Å². The zero-order valence-corrected chi connectivity index (χ0v) is 9.82. The van der Waals surface area contributed by atoms with E-state index in [2.05, 4.69) is 22.4 Å². The van der Waals surface area contributed by atoms with E-state index in [1.54, 1.807) is 24.3 Å². The fraction of sp³-hybridized carbons (Fsp3) is 0.200. The van der Waals surface area contributed by atoms with Gasteiger partial charge in [0, 0.05) is 32.7 Å². The maximum Gasteiger partial charge on any atom is 0.313 e. The Balaban J connectivity index is 2.66. The number of carbonyl (C=O) groups excluding carboxylic acids is 2. The van der Waals surface area contributed by atoms with E-state index >= 15 is 0 Å². The Morgan fingerprint density at radius 1 is 1.25 bits per heavy atom.